The number of halogens is 2. The van der Waals surface area contributed by atoms with Crippen LogP contribution in [0.15, 0.2) is 36.7 Å². The van der Waals surface area contributed by atoms with E-state index in [0.29, 0.717) is 37.9 Å². The Hall–Kier alpha value is -2.41. The van der Waals surface area contributed by atoms with Gasteiger partial charge in [-0.1, -0.05) is 11.6 Å². The minimum Gasteiger partial charge on any atom is -0.482 e. The molecule has 1 aromatic carbocycles. The number of piperazine rings is 1. The van der Waals surface area contributed by atoms with Crippen molar-refractivity contribution in [2.45, 2.75) is 0 Å². The average molecular weight is 351 g/mol. The van der Waals surface area contributed by atoms with Crippen molar-refractivity contribution in [1.29, 1.82) is 0 Å². The van der Waals surface area contributed by atoms with Crippen molar-refractivity contribution in [2.24, 2.45) is 0 Å². The molecule has 1 saturated heterocycles. The topological polar surface area (TPSA) is 58.6 Å². The molecular formula is C16H16ClFN4O2. The molecule has 0 radical (unpaired) electrons. The summed E-state index contributed by atoms with van der Waals surface area (Å²) >= 11 is 5.88. The number of rotatable bonds is 4. The van der Waals surface area contributed by atoms with E-state index in [4.69, 9.17) is 16.3 Å². The van der Waals surface area contributed by atoms with Crippen LogP contribution in [0, 0.1) is 5.82 Å². The third-order valence-corrected chi connectivity index (χ3v) is 4.01. The van der Waals surface area contributed by atoms with Crippen LogP contribution in [0.25, 0.3) is 0 Å². The fraction of sp³-hybridized carbons (Fsp3) is 0.312. The van der Waals surface area contributed by atoms with Crippen LogP contribution in [0.3, 0.4) is 0 Å². The summed E-state index contributed by atoms with van der Waals surface area (Å²) in [4.78, 5) is 24.4. The summed E-state index contributed by atoms with van der Waals surface area (Å²) < 4.78 is 18.4. The second kappa shape index (κ2) is 7.44. The van der Waals surface area contributed by atoms with Gasteiger partial charge >= 0.3 is 0 Å². The second-order valence-electron chi connectivity index (χ2n) is 5.28. The summed E-state index contributed by atoms with van der Waals surface area (Å²) in [7, 11) is 0. The Morgan fingerprint density at radius 3 is 2.58 bits per heavy atom. The number of amides is 1. The molecule has 2 aromatic rings. The van der Waals surface area contributed by atoms with Gasteiger partial charge in [-0.05, 0) is 24.3 Å². The molecule has 0 spiro atoms. The highest BCUT2D eigenvalue weighted by Gasteiger charge is 2.22. The Morgan fingerprint density at radius 1 is 1.21 bits per heavy atom. The quantitative estimate of drug-likeness (QED) is 0.844. The van der Waals surface area contributed by atoms with Gasteiger partial charge < -0.3 is 14.5 Å². The lowest BCUT2D eigenvalue weighted by Gasteiger charge is -2.34. The molecular weight excluding hydrogens is 335 g/mol. The van der Waals surface area contributed by atoms with Gasteiger partial charge in [0.25, 0.3) is 5.91 Å². The van der Waals surface area contributed by atoms with Crippen molar-refractivity contribution in [1.82, 2.24) is 14.9 Å². The summed E-state index contributed by atoms with van der Waals surface area (Å²) in [5.74, 6) is 0.378. The van der Waals surface area contributed by atoms with Crippen LogP contribution in [0.5, 0.6) is 5.75 Å². The van der Waals surface area contributed by atoms with Gasteiger partial charge in [-0.2, -0.15) is 0 Å². The fourth-order valence-corrected chi connectivity index (χ4v) is 2.66. The minimum atomic E-state index is -0.446. The van der Waals surface area contributed by atoms with E-state index in [9.17, 15) is 9.18 Å². The molecule has 0 atom stereocenters. The number of nitrogens with zero attached hydrogens (tertiary/aromatic N) is 4. The number of benzene rings is 1. The van der Waals surface area contributed by atoms with Crippen molar-refractivity contribution < 1.29 is 13.9 Å². The highest BCUT2D eigenvalue weighted by atomic mass is 35.5. The molecule has 0 N–H and O–H groups in total. The summed E-state index contributed by atoms with van der Waals surface area (Å²) in [6.45, 7) is 2.32. The summed E-state index contributed by atoms with van der Waals surface area (Å²) in [6.07, 6.45) is 3.39. The monoisotopic (exact) mass is 350 g/mol. The molecule has 0 saturated carbocycles. The first-order valence-electron chi connectivity index (χ1n) is 7.51. The van der Waals surface area contributed by atoms with E-state index in [1.807, 2.05) is 4.90 Å². The van der Waals surface area contributed by atoms with E-state index in [-0.39, 0.29) is 17.5 Å². The molecule has 24 heavy (non-hydrogen) atoms. The van der Waals surface area contributed by atoms with E-state index in [2.05, 4.69) is 9.97 Å². The number of aromatic nitrogens is 2. The molecule has 126 valence electrons. The first-order chi connectivity index (χ1) is 11.6. The molecule has 1 fully saturated rings. The van der Waals surface area contributed by atoms with Crippen LogP contribution in [-0.4, -0.2) is 53.6 Å². The van der Waals surface area contributed by atoms with E-state index < -0.39 is 5.82 Å². The predicted molar refractivity (Wildman–Crippen MR) is 87.7 cm³/mol. The molecule has 1 aromatic heterocycles. The van der Waals surface area contributed by atoms with Crippen molar-refractivity contribution in [3.05, 3.63) is 47.5 Å². The predicted octanol–water partition coefficient (Wildman–Crippen LogP) is 2.00. The maximum absolute atomic E-state index is 13.0. The zero-order valence-electron chi connectivity index (χ0n) is 12.9. The number of hydrogen-bond donors (Lipinski definition) is 0. The normalized spacial score (nSPS) is 14.6. The van der Waals surface area contributed by atoms with Crippen molar-refractivity contribution in [3.8, 4) is 5.75 Å². The number of carbonyl (C=O) groups is 1. The molecule has 8 heteroatoms. The maximum Gasteiger partial charge on any atom is 0.260 e. The van der Waals surface area contributed by atoms with E-state index >= 15 is 0 Å². The number of carbonyl (C=O) groups excluding carboxylic acids is 1. The Kier molecular flexibility index (Phi) is 5.10. The number of ether oxygens (including phenoxy) is 1. The van der Waals surface area contributed by atoms with Crippen LogP contribution in [0.2, 0.25) is 5.02 Å². The summed E-state index contributed by atoms with van der Waals surface area (Å²) in [6, 6.07) is 5.57. The van der Waals surface area contributed by atoms with Gasteiger partial charge in [0, 0.05) is 38.6 Å². The Morgan fingerprint density at radius 2 is 1.92 bits per heavy atom. The minimum absolute atomic E-state index is 0.132. The lowest BCUT2D eigenvalue weighted by Crippen LogP contribution is -2.50. The first-order valence-corrected chi connectivity index (χ1v) is 7.89. The second-order valence-corrected chi connectivity index (χ2v) is 5.69. The lowest BCUT2D eigenvalue weighted by atomic mass is 10.3. The number of hydrogen-bond acceptors (Lipinski definition) is 5. The lowest BCUT2D eigenvalue weighted by molar-refractivity contribution is -0.133. The first kappa shape index (κ1) is 16.4. The Bertz CT molecular complexity index is 708. The summed E-state index contributed by atoms with van der Waals surface area (Å²) in [5, 5.41) is 0.147. The number of anilines is 1. The van der Waals surface area contributed by atoms with Crippen molar-refractivity contribution in [2.75, 3.05) is 37.7 Å². The van der Waals surface area contributed by atoms with E-state index in [0.717, 1.165) is 6.07 Å². The standard InChI is InChI=1S/C16H16ClFN4O2/c17-13-10-12(18)2-3-14(13)24-11-15(23)21-6-8-22(9-7-21)16-19-4-1-5-20-16/h1-5,10H,6-9,11H2. The fourth-order valence-electron chi connectivity index (χ4n) is 2.43. The maximum atomic E-state index is 13.0. The van der Waals surface area contributed by atoms with Crippen LogP contribution in [0.1, 0.15) is 0 Å². The van der Waals surface area contributed by atoms with Gasteiger partial charge in [-0.3, -0.25) is 4.79 Å². The SMILES string of the molecule is O=C(COc1ccc(F)cc1Cl)N1CCN(c2ncccn2)CC1. The van der Waals surface area contributed by atoms with Crippen molar-refractivity contribution in [3.63, 3.8) is 0 Å². The molecule has 0 unspecified atom stereocenters. The van der Waals surface area contributed by atoms with Gasteiger partial charge in [0.1, 0.15) is 11.6 Å². The molecule has 1 aliphatic heterocycles. The molecule has 3 rings (SSSR count). The van der Waals surface area contributed by atoms with E-state index in [1.165, 1.54) is 12.1 Å². The zero-order chi connectivity index (χ0) is 16.9. The smallest absolute Gasteiger partial charge is 0.260 e. The van der Waals surface area contributed by atoms with Gasteiger partial charge in [0.15, 0.2) is 6.61 Å². The van der Waals surface area contributed by atoms with Crippen molar-refractivity contribution >= 4 is 23.5 Å². The third kappa shape index (κ3) is 3.91. The van der Waals surface area contributed by atoms with Gasteiger partial charge in [0.05, 0.1) is 5.02 Å². The molecule has 1 aliphatic rings. The van der Waals surface area contributed by atoms with E-state index in [1.54, 1.807) is 23.4 Å². The summed E-state index contributed by atoms with van der Waals surface area (Å²) in [5.41, 5.74) is 0. The van der Waals surface area contributed by atoms with Gasteiger partial charge in [-0.15, -0.1) is 0 Å². The van der Waals surface area contributed by atoms with Crippen LogP contribution >= 0.6 is 11.6 Å². The largest absolute Gasteiger partial charge is 0.482 e. The van der Waals surface area contributed by atoms with Gasteiger partial charge in [0.2, 0.25) is 5.95 Å². The Balaban J connectivity index is 1.50. The van der Waals surface area contributed by atoms with Gasteiger partial charge in [-0.25, -0.2) is 14.4 Å². The molecule has 0 aliphatic carbocycles. The van der Waals surface area contributed by atoms with Crippen LogP contribution < -0.4 is 9.64 Å². The molecule has 6 nitrogen and oxygen atoms in total. The third-order valence-electron chi connectivity index (χ3n) is 3.71. The zero-order valence-corrected chi connectivity index (χ0v) is 13.6. The van der Waals surface area contributed by atoms with Crippen LogP contribution in [0.4, 0.5) is 10.3 Å². The molecule has 2 heterocycles. The average Bonchev–Trinajstić information content (AvgIpc) is 2.62. The Labute approximate surface area is 143 Å². The molecule has 0 bridgehead atoms. The highest BCUT2D eigenvalue weighted by molar-refractivity contribution is 6.32. The molecule has 1 amide bonds. The van der Waals surface area contributed by atoms with Crippen LogP contribution in [-0.2, 0) is 4.79 Å². The highest BCUT2D eigenvalue weighted by Crippen LogP contribution is 2.24.